The summed E-state index contributed by atoms with van der Waals surface area (Å²) >= 11 is 0. The molecule has 0 radical (unpaired) electrons. The van der Waals surface area contributed by atoms with Crippen LogP contribution in [0.4, 0.5) is 4.79 Å². The summed E-state index contributed by atoms with van der Waals surface area (Å²) in [6.45, 7) is 5.75. The van der Waals surface area contributed by atoms with Crippen molar-refractivity contribution in [2.75, 3.05) is 13.1 Å². The van der Waals surface area contributed by atoms with Crippen LogP contribution >= 0.6 is 0 Å². The summed E-state index contributed by atoms with van der Waals surface area (Å²) < 4.78 is 32.1. The Morgan fingerprint density at radius 2 is 1.66 bits per heavy atom. The quantitative estimate of drug-likeness (QED) is 0.660. The fourth-order valence-electron chi connectivity index (χ4n) is 3.05. The zero-order valence-electron chi connectivity index (χ0n) is 16.8. The second-order valence-electron chi connectivity index (χ2n) is 7.33. The lowest BCUT2D eigenvalue weighted by atomic mass is 9.98. The number of nitrogens with two attached hydrogens (primary N) is 1. The Morgan fingerprint density at radius 1 is 1.10 bits per heavy atom. The summed E-state index contributed by atoms with van der Waals surface area (Å²) in [6, 6.07) is 5.78. The lowest BCUT2D eigenvalue weighted by Crippen LogP contribution is -2.44. The van der Waals surface area contributed by atoms with E-state index in [1.165, 1.54) is 11.2 Å². The van der Waals surface area contributed by atoms with Crippen molar-refractivity contribution in [3.63, 3.8) is 0 Å². The third kappa shape index (κ3) is 5.77. The molecule has 0 saturated carbocycles. The SMILES string of the molecule is CC(OC(=O)C1CCN(S(=O)(=O)c2ccc(C(C)C)cc2)CC1)C(=O)NC(N)=O. The maximum absolute atomic E-state index is 12.8. The molecule has 0 spiro atoms. The van der Waals surface area contributed by atoms with Crippen molar-refractivity contribution in [3.05, 3.63) is 29.8 Å². The standard InChI is InChI=1S/C19H27N3O6S/c1-12(2)14-4-6-16(7-5-14)29(26,27)22-10-8-15(9-11-22)18(24)28-13(3)17(23)21-19(20)25/h4-7,12-13,15H,8-11H2,1-3H3,(H3,20,21,23,25). The number of nitrogens with one attached hydrogen (secondary N) is 1. The monoisotopic (exact) mass is 425 g/mol. The number of ether oxygens (including phenoxy) is 1. The Kier molecular flexibility index (Phi) is 7.37. The maximum Gasteiger partial charge on any atom is 0.318 e. The van der Waals surface area contributed by atoms with E-state index in [2.05, 4.69) is 0 Å². The van der Waals surface area contributed by atoms with Gasteiger partial charge in [0.2, 0.25) is 10.0 Å². The molecular formula is C19H27N3O6S. The molecule has 160 valence electrons. The Morgan fingerprint density at radius 3 is 2.14 bits per heavy atom. The number of piperidine rings is 1. The van der Waals surface area contributed by atoms with Gasteiger partial charge in [-0.3, -0.25) is 14.9 Å². The number of hydrogen-bond donors (Lipinski definition) is 2. The molecule has 2 rings (SSSR count). The molecule has 0 aromatic heterocycles. The van der Waals surface area contributed by atoms with Crippen LogP contribution in [0.2, 0.25) is 0 Å². The van der Waals surface area contributed by atoms with Gasteiger partial charge >= 0.3 is 12.0 Å². The number of esters is 1. The minimum Gasteiger partial charge on any atom is -0.452 e. The summed E-state index contributed by atoms with van der Waals surface area (Å²) in [6.07, 6.45) is -0.602. The molecule has 1 saturated heterocycles. The van der Waals surface area contributed by atoms with E-state index in [0.717, 1.165) is 5.56 Å². The number of rotatable bonds is 6. The van der Waals surface area contributed by atoms with Gasteiger partial charge < -0.3 is 10.5 Å². The van der Waals surface area contributed by atoms with Gasteiger partial charge in [0.15, 0.2) is 6.10 Å². The van der Waals surface area contributed by atoms with Crippen LogP contribution in [0.1, 0.15) is 45.1 Å². The number of nitrogens with zero attached hydrogens (tertiary/aromatic N) is 1. The van der Waals surface area contributed by atoms with Crippen LogP contribution in [-0.2, 0) is 24.3 Å². The number of primary amides is 1. The number of urea groups is 1. The third-order valence-electron chi connectivity index (χ3n) is 4.88. The number of amides is 3. The zero-order valence-corrected chi connectivity index (χ0v) is 17.6. The van der Waals surface area contributed by atoms with E-state index in [9.17, 15) is 22.8 Å². The Bertz CT molecular complexity index is 858. The fourth-order valence-corrected chi connectivity index (χ4v) is 4.52. The fraction of sp³-hybridized carbons (Fsp3) is 0.526. The number of benzene rings is 1. The first-order valence-corrected chi connectivity index (χ1v) is 10.9. The molecule has 9 nitrogen and oxygen atoms in total. The minimum absolute atomic E-state index is 0.176. The molecule has 1 aromatic carbocycles. The molecule has 29 heavy (non-hydrogen) atoms. The molecule has 1 aliphatic rings. The smallest absolute Gasteiger partial charge is 0.318 e. The van der Waals surface area contributed by atoms with Gasteiger partial charge in [-0.1, -0.05) is 26.0 Å². The normalized spacial score (nSPS) is 17.0. The highest BCUT2D eigenvalue weighted by atomic mass is 32.2. The predicted octanol–water partition coefficient (Wildman–Crippen LogP) is 1.34. The van der Waals surface area contributed by atoms with Gasteiger partial charge in [-0.2, -0.15) is 4.31 Å². The van der Waals surface area contributed by atoms with E-state index in [1.54, 1.807) is 24.3 Å². The Labute approximate surface area is 170 Å². The topological polar surface area (TPSA) is 136 Å². The molecule has 3 N–H and O–H groups in total. The van der Waals surface area contributed by atoms with Gasteiger partial charge in [0, 0.05) is 13.1 Å². The predicted molar refractivity (Wildman–Crippen MR) is 105 cm³/mol. The highest BCUT2D eigenvalue weighted by Gasteiger charge is 2.34. The summed E-state index contributed by atoms with van der Waals surface area (Å²) in [4.78, 5) is 34.8. The number of hydrogen-bond acceptors (Lipinski definition) is 6. The highest BCUT2D eigenvalue weighted by Crippen LogP contribution is 2.26. The van der Waals surface area contributed by atoms with Gasteiger partial charge in [0.05, 0.1) is 10.8 Å². The first kappa shape index (κ1) is 22.8. The van der Waals surface area contributed by atoms with Gasteiger partial charge in [-0.05, 0) is 43.4 Å². The van der Waals surface area contributed by atoms with E-state index < -0.39 is 40.0 Å². The van der Waals surface area contributed by atoms with Crippen molar-refractivity contribution in [2.45, 2.75) is 50.5 Å². The van der Waals surface area contributed by atoms with Crippen LogP contribution < -0.4 is 11.1 Å². The van der Waals surface area contributed by atoms with Crippen molar-refractivity contribution in [2.24, 2.45) is 11.7 Å². The summed E-state index contributed by atoms with van der Waals surface area (Å²) in [5.41, 5.74) is 5.91. The maximum atomic E-state index is 12.8. The van der Waals surface area contributed by atoms with Gasteiger partial charge in [0.1, 0.15) is 0 Å². The minimum atomic E-state index is -3.64. The van der Waals surface area contributed by atoms with E-state index in [1.807, 2.05) is 19.2 Å². The number of sulfonamides is 1. The first-order chi connectivity index (χ1) is 13.5. The lowest BCUT2D eigenvalue weighted by Gasteiger charge is -2.30. The molecule has 1 unspecified atom stereocenters. The largest absolute Gasteiger partial charge is 0.452 e. The van der Waals surface area contributed by atoms with Crippen molar-refractivity contribution < 1.29 is 27.5 Å². The van der Waals surface area contributed by atoms with Crippen LogP contribution in [0.3, 0.4) is 0 Å². The van der Waals surface area contributed by atoms with Crippen molar-refractivity contribution in [3.8, 4) is 0 Å². The summed E-state index contributed by atoms with van der Waals surface area (Å²) in [7, 11) is -3.64. The summed E-state index contributed by atoms with van der Waals surface area (Å²) in [5.74, 6) is -1.62. The molecule has 1 aliphatic heterocycles. The van der Waals surface area contributed by atoms with Crippen LogP contribution in [0.25, 0.3) is 0 Å². The van der Waals surface area contributed by atoms with Crippen LogP contribution in [0.15, 0.2) is 29.2 Å². The molecular weight excluding hydrogens is 398 g/mol. The third-order valence-corrected chi connectivity index (χ3v) is 6.79. The first-order valence-electron chi connectivity index (χ1n) is 9.43. The van der Waals surface area contributed by atoms with Crippen molar-refractivity contribution in [1.82, 2.24) is 9.62 Å². The molecule has 1 heterocycles. The van der Waals surface area contributed by atoms with Crippen molar-refractivity contribution in [1.29, 1.82) is 0 Å². The number of imide groups is 1. The molecule has 10 heteroatoms. The van der Waals surface area contributed by atoms with Gasteiger partial charge in [-0.25, -0.2) is 13.2 Å². The van der Waals surface area contributed by atoms with Crippen LogP contribution in [-0.4, -0.2) is 49.8 Å². The highest BCUT2D eigenvalue weighted by molar-refractivity contribution is 7.89. The van der Waals surface area contributed by atoms with E-state index in [-0.39, 0.29) is 30.8 Å². The Balaban J connectivity index is 1.94. The summed E-state index contributed by atoms with van der Waals surface area (Å²) in [5, 5.41) is 1.84. The average molecular weight is 426 g/mol. The molecule has 1 aromatic rings. The second-order valence-corrected chi connectivity index (χ2v) is 9.27. The zero-order chi connectivity index (χ0) is 21.8. The Hall–Kier alpha value is -2.46. The van der Waals surface area contributed by atoms with Crippen LogP contribution in [0.5, 0.6) is 0 Å². The van der Waals surface area contributed by atoms with E-state index in [4.69, 9.17) is 10.5 Å². The lowest BCUT2D eigenvalue weighted by molar-refractivity contribution is -0.159. The molecule has 0 bridgehead atoms. The van der Waals surface area contributed by atoms with E-state index in [0.29, 0.717) is 5.92 Å². The van der Waals surface area contributed by atoms with Crippen LogP contribution in [0, 0.1) is 5.92 Å². The van der Waals surface area contributed by atoms with Gasteiger partial charge in [0.25, 0.3) is 5.91 Å². The average Bonchev–Trinajstić information content (AvgIpc) is 2.67. The molecule has 1 fully saturated rings. The molecule has 3 amide bonds. The van der Waals surface area contributed by atoms with Crippen molar-refractivity contribution >= 4 is 27.9 Å². The van der Waals surface area contributed by atoms with E-state index >= 15 is 0 Å². The number of carbonyl (C=O) groups excluding carboxylic acids is 3. The second kappa shape index (κ2) is 9.36. The number of carbonyl (C=O) groups is 3. The molecule has 1 atom stereocenters. The molecule has 0 aliphatic carbocycles. The van der Waals surface area contributed by atoms with Gasteiger partial charge in [-0.15, -0.1) is 0 Å².